The molecule has 0 saturated carbocycles. The molecule has 0 bridgehead atoms. The smallest absolute Gasteiger partial charge is 0.264 e. The van der Waals surface area contributed by atoms with E-state index in [1.54, 1.807) is 44.2 Å². The molecule has 7 nitrogen and oxygen atoms in total. The number of amides is 2. The topological polar surface area (TPSA) is 86.8 Å². The highest BCUT2D eigenvalue weighted by atomic mass is 35.5. The Labute approximate surface area is 215 Å². The van der Waals surface area contributed by atoms with Gasteiger partial charge in [0.25, 0.3) is 10.0 Å². The summed E-state index contributed by atoms with van der Waals surface area (Å²) in [5, 5.41) is 2.85. The van der Waals surface area contributed by atoms with Crippen molar-refractivity contribution in [1.82, 2.24) is 10.2 Å². The van der Waals surface area contributed by atoms with Crippen molar-refractivity contribution in [1.29, 1.82) is 0 Å². The highest BCUT2D eigenvalue weighted by Crippen LogP contribution is 2.28. The molecule has 2 amide bonds. The Bertz CT molecular complexity index is 1340. The molecule has 1 N–H and O–H groups in total. The first kappa shape index (κ1) is 27.2. The van der Waals surface area contributed by atoms with Crippen LogP contribution in [0.25, 0.3) is 0 Å². The summed E-state index contributed by atoms with van der Waals surface area (Å²) in [6.07, 6.45) is 0. The molecule has 1 atom stereocenters. The Hall–Kier alpha value is -3.43. The molecule has 0 aromatic heterocycles. The summed E-state index contributed by atoms with van der Waals surface area (Å²) in [5.41, 5.74) is 1.53. The van der Waals surface area contributed by atoms with Crippen LogP contribution < -0.4 is 9.62 Å². The number of anilines is 1. The van der Waals surface area contributed by atoms with Gasteiger partial charge in [-0.05, 0) is 61.4 Å². The minimum absolute atomic E-state index is 0.000989. The van der Waals surface area contributed by atoms with Gasteiger partial charge in [0.2, 0.25) is 11.8 Å². The van der Waals surface area contributed by atoms with Crippen LogP contribution >= 0.6 is 11.6 Å². The zero-order valence-electron chi connectivity index (χ0n) is 20.1. The molecule has 0 aliphatic rings. The van der Waals surface area contributed by atoms with Crippen LogP contribution in [0.3, 0.4) is 0 Å². The van der Waals surface area contributed by atoms with E-state index in [9.17, 15) is 22.4 Å². The van der Waals surface area contributed by atoms with Crippen LogP contribution in [0.5, 0.6) is 0 Å². The first-order valence-electron chi connectivity index (χ1n) is 11.1. The monoisotopic (exact) mass is 531 g/mol. The maximum atomic E-state index is 13.6. The van der Waals surface area contributed by atoms with Gasteiger partial charge < -0.3 is 10.2 Å². The third kappa shape index (κ3) is 6.22. The van der Waals surface area contributed by atoms with Crippen molar-refractivity contribution in [2.75, 3.05) is 17.9 Å². The highest BCUT2D eigenvalue weighted by Gasteiger charge is 2.32. The molecule has 10 heteroatoms. The first-order valence-corrected chi connectivity index (χ1v) is 13.0. The third-order valence-corrected chi connectivity index (χ3v) is 7.93. The van der Waals surface area contributed by atoms with E-state index in [0.29, 0.717) is 10.6 Å². The van der Waals surface area contributed by atoms with Crippen molar-refractivity contribution in [3.63, 3.8) is 0 Å². The first-order chi connectivity index (χ1) is 17.0. The molecule has 0 spiro atoms. The zero-order valence-corrected chi connectivity index (χ0v) is 21.7. The summed E-state index contributed by atoms with van der Waals surface area (Å²) in [7, 11) is -2.72. The number of likely N-dealkylation sites (N-methyl/N-ethyl adjacent to an activating group) is 1. The Morgan fingerprint density at radius 3 is 2.25 bits per heavy atom. The summed E-state index contributed by atoms with van der Waals surface area (Å²) < 4.78 is 41.7. The van der Waals surface area contributed by atoms with E-state index < -0.39 is 40.2 Å². The van der Waals surface area contributed by atoms with Crippen LogP contribution in [0.15, 0.2) is 77.7 Å². The van der Waals surface area contributed by atoms with Gasteiger partial charge in [0, 0.05) is 18.6 Å². The molecule has 0 fully saturated rings. The van der Waals surface area contributed by atoms with E-state index in [2.05, 4.69) is 5.32 Å². The molecule has 0 unspecified atom stereocenters. The molecule has 0 aliphatic heterocycles. The van der Waals surface area contributed by atoms with Gasteiger partial charge in [-0.25, -0.2) is 12.8 Å². The minimum Gasteiger partial charge on any atom is -0.357 e. The lowest BCUT2D eigenvalue weighted by Crippen LogP contribution is -2.50. The van der Waals surface area contributed by atoms with E-state index in [-0.39, 0.29) is 17.1 Å². The second kappa shape index (κ2) is 11.5. The van der Waals surface area contributed by atoms with Gasteiger partial charge in [-0.3, -0.25) is 13.9 Å². The molecular formula is C26H27ClFN3O4S. The number of nitrogens with zero attached hydrogens (tertiary/aromatic N) is 2. The molecule has 0 saturated heterocycles. The standard InChI is InChI=1S/C26H27ClFN3O4S/c1-18-9-14-22(15-24(18)27)31(36(34,35)23-7-5-4-6-8-23)17-25(32)30(19(2)26(33)29-3)16-20-10-12-21(28)13-11-20/h4-15,19H,16-17H2,1-3H3,(H,29,33)/t19-/m1/s1. The fraction of sp³-hybridized carbons (Fsp3) is 0.231. The van der Waals surface area contributed by atoms with E-state index >= 15 is 0 Å². The van der Waals surface area contributed by atoms with Crippen molar-refractivity contribution in [3.05, 3.63) is 94.8 Å². The van der Waals surface area contributed by atoms with Crippen molar-refractivity contribution >= 4 is 39.1 Å². The molecule has 36 heavy (non-hydrogen) atoms. The number of carbonyl (C=O) groups excluding carboxylic acids is 2. The lowest BCUT2D eigenvalue weighted by atomic mass is 10.1. The van der Waals surface area contributed by atoms with Gasteiger partial charge in [0.1, 0.15) is 18.4 Å². The fourth-order valence-electron chi connectivity index (χ4n) is 3.56. The number of carbonyl (C=O) groups is 2. The minimum atomic E-state index is -4.17. The van der Waals surface area contributed by atoms with Gasteiger partial charge in [-0.2, -0.15) is 0 Å². The number of hydrogen-bond acceptors (Lipinski definition) is 4. The second-order valence-electron chi connectivity index (χ2n) is 8.20. The third-order valence-electron chi connectivity index (χ3n) is 5.73. The molecule has 0 heterocycles. The predicted octanol–water partition coefficient (Wildman–Crippen LogP) is 4.15. The van der Waals surface area contributed by atoms with Crippen LogP contribution in [0.2, 0.25) is 5.02 Å². The van der Waals surface area contributed by atoms with Gasteiger partial charge in [-0.15, -0.1) is 0 Å². The van der Waals surface area contributed by atoms with E-state index in [1.165, 1.54) is 54.4 Å². The van der Waals surface area contributed by atoms with Crippen molar-refractivity contribution in [3.8, 4) is 0 Å². The summed E-state index contributed by atoms with van der Waals surface area (Å²) in [4.78, 5) is 27.3. The maximum Gasteiger partial charge on any atom is 0.264 e. The lowest BCUT2D eigenvalue weighted by molar-refractivity contribution is -0.139. The predicted molar refractivity (Wildman–Crippen MR) is 138 cm³/mol. The van der Waals surface area contributed by atoms with Crippen LogP contribution in [0.1, 0.15) is 18.1 Å². The average molecular weight is 532 g/mol. The van der Waals surface area contributed by atoms with E-state index in [1.807, 2.05) is 0 Å². The molecule has 0 aliphatic carbocycles. The summed E-state index contributed by atoms with van der Waals surface area (Å²) in [6.45, 7) is 2.71. The van der Waals surface area contributed by atoms with Gasteiger partial charge in [0.05, 0.1) is 10.6 Å². The Balaban J connectivity index is 2.04. The number of aryl methyl sites for hydroxylation is 1. The Kier molecular flexibility index (Phi) is 8.70. The average Bonchev–Trinajstić information content (AvgIpc) is 2.88. The lowest BCUT2D eigenvalue weighted by Gasteiger charge is -2.32. The van der Waals surface area contributed by atoms with E-state index in [0.717, 1.165) is 9.87 Å². The van der Waals surface area contributed by atoms with Crippen LogP contribution in [0.4, 0.5) is 10.1 Å². The normalized spacial score (nSPS) is 12.0. The van der Waals surface area contributed by atoms with Crippen molar-refractivity contribution < 1.29 is 22.4 Å². The number of hydrogen-bond donors (Lipinski definition) is 1. The molecular weight excluding hydrogens is 505 g/mol. The largest absolute Gasteiger partial charge is 0.357 e. The van der Waals surface area contributed by atoms with Gasteiger partial charge in [-0.1, -0.05) is 48.0 Å². The molecule has 3 aromatic carbocycles. The number of halogens is 2. The summed E-state index contributed by atoms with van der Waals surface area (Å²) in [5.74, 6) is -1.49. The van der Waals surface area contributed by atoms with Crippen molar-refractivity contribution in [2.45, 2.75) is 31.3 Å². The van der Waals surface area contributed by atoms with Crippen molar-refractivity contribution in [2.24, 2.45) is 0 Å². The van der Waals surface area contributed by atoms with Gasteiger partial charge in [0.15, 0.2) is 0 Å². The molecule has 3 rings (SSSR count). The number of nitrogens with one attached hydrogen (secondary N) is 1. The van der Waals surface area contributed by atoms with Crippen LogP contribution in [-0.2, 0) is 26.2 Å². The molecule has 3 aromatic rings. The second-order valence-corrected chi connectivity index (χ2v) is 10.5. The van der Waals surface area contributed by atoms with Gasteiger partial charge >= 0.3 is 0 Å². The number of benzene rings is 3. The fourth-order valence-corrected chi connectivity index (χ4v) is 5.17. The van der Waals surface area contributed by atoms with Crippen LogP contribution in [-0.4, -0.2) is 44.8 Å². The van der Waals surface area contributed by atoms with Crippen LogP contribution in [0, 0.1) is 12.7 Å². The van der Waals surface area contributed by atoms with E-state index in [4.69, 9.17) is 11.6 Å². The maximum absolute atomic E-state index is 13.6. The summed E-state index contributed by atoms with van der Waals surface area (Å²) >= 11 is 6.28. The molecule has 190 valence electrons. The molecule has 0 radical (unpaired) electrons. The Morgan fingerprint density at radius 1 is 1.03 bits per heavy atom. The highest BCUT2D eigenvalue weighted by molar-refractivity contribution is 7.92. The summed E-state index contributed by atoms with van der Waals surface area (Å²) in [6, 6.07) is 17.0. The number of sulfonamides is 1. The SMILES string of the molecule is CNC(=O)[C@@H](C)N(Cc1ccc(F)cc1)C(=O)CN(c1ccc(C)c(Cl)c1)S(=O)(=O)c1ccccc1. The quantitative estimate of drug-likeness (QED) is 0.449. The number of rotatable bonds is 9. The zero-order chi connectivity index (χ0) is 26.5. The Morgan fingerprint density at radius 2 is 1.67 bits per heavy atom.